The van der Waals surface area contributed by atoms with Gasteiger partial charge >= 0.3 is 0 Å². The SMILES string of the molecule is Clc1ccc2cc(Cl)cc-2cc1. The molecule has 2 aliphatic carbocycles. The summed E-state index contributed by atoms with van der Waals surface area (Å²) in [5.41, 5.74) is 2.24. The van der Waals surface area contributed by atoms with E-state index >= 15 is 0 Å². The number of hydrogen-bond acceptors (Lipinski definition) is 0. The molecule has 0 nitrogen and oxygen atoms in total. The van der Waals surface area contributed by atoms with Gasteiger partial charge in [0, 0.05) is 10.0 Å². The molecule has 0 aromatic carbocycles. The van der Waals surface area contributed by atoms with E-state index in [1.54, 1.807) is 0 Å². The molecule has 0 heterocycles. The quantitative estimate of drug-likeness (QED) is 0.596. The molecule has 0 fully saturated rings. The van der Waals surface area contributed by atoms with Gasteiger partial charge in [-0.15, -0.1) is 0 Å². The summed E-state index contributed by atoms with van der Waals surface area (Å²) >= 11 is 11.7. The van der Waals surface area contributed by atoms with Crippen molar-refractivity contribution < 1.29 is 0 Å². The van der Waals surface area contributed by atoms with E-state index in [0.29, 0.717) is 0 Å². The Kier molecular flexibility index (Phi) is 1.95. The molecule has 2 aliphatic rings. The van der Waals surface area contributed by atoms with Gasteiger partial charge in [-0.1, -0.05) is 35.3 Å². The van der Waals surface area contributed by atoms with Crippen LogP contribution in [0.3, 0.4) is 0 Å². The second-order valence-corrected chi connectivity index (χ2v) is 3.51. The van der Waals surface area contributed by atoms with Crippen molar-refractivity contribution >= 4 is 23.2 Å². The van der Waals surface area contributed by atoms with Crippen LogP contribution in [0.25, 0.3) is 11.1 Å². The van der Waals surface area contributed by atoms with E-state index in [1.165, 1.54) is 0 Å². The smallest absolute Gasteiger partial charge is 0.0418 e. The Bertz CT molecular complexity index is 348. The largest absolute Gasteiger partial charge is 0.0843 e. The molecule has 0 aliphatic heterocycles. The monoisotopic (exact) mass is 196 g/mol. The minimum Gasteiger partial charge on any atom is -0.0843 e. The molecule has 60 valence electrons. The molecule has 2 rings (SSSR count). The zero-order valence-corrected chi connectivity index (χ0v) is 7.73. The van der Waals surface area contributed by atoms with Gasteiger partial charge in [0.2, 0.25) is 0 Å². The van der Waals surface area contributed by atoms with Crippen molar-refractivity contribution in [2.24, 2.45) is 0 Å². The van der Waals surface area contributed by atoms with Gasteiger partial charge < -0.3 is 0 Å². The highest BCUT2D eigenvalue weighted by molar-refractivity contribution is 6.32. The van der Waals surface area contributed by atoms with Crippen LogP contribution in [0.2, 0.25) is 10.0 Å². The summed E-state index contributed by atoms with van der Waals surface area (Å²) in [6.45, 7) is 0. The summed E-state index contributed by atoms with van der Waals surface area (Å²) in [5, 5.41) is 1.51. The molecule has 2 heteroatoms. The summed E-state index contributed by atoms with van der Waals surface area (Å²) < 4.78 is 0. The lowest BCUT2D eigenvalue weighted by molar-refractivity contribution is 1.84. The van der Waals surface area contributed by atoms with Crippen molar-refractivity contribution in [2.45, 2.75) is 0 Å². The molecule has 0 saturated heterocycles. The molecule has 0 N–H and O–H groups in total. The minimum absolute atomic E-state index is 0.738. The van der Waals surface area contributed by atoms with Crippen LogP contribution >= 0.6 is 23.2 Å². The summed E-state index contributed by atoms with van der Waals surface area (Å²) in [4.78, 5) is 0. The second-order valence-electron chi connectivity index (χ2n) is 2.64. The topological polar surface area (TPSA) is 0 Å². The number of halogens is 2. The van der Waals surface area contributed by atoms with E-state index in [-0.39, 0.29) is 0 Å². The van der Waals surface area contributed by atoms with Crippen molar-refractivity contribution in [3.63, 3.8) is 0 Å². The first-order valence-electron chi connectivity index (χ1n) is 3.60. The molecule has 12 heavy (non-hydrogen) atoms. The molecule has 0 aromatic rings. The van der Waals surface area contributed by atoms with Crippen LogP contribution in [-0.2, 0) is 0 Å². The Morgan fingerprint density at radius 3 is 1.67 bits per heavy atom. The zero-order chi connectivity index (χ0) is 8.55. The first-order valence-corrected chi connectivity index (χ1v) is 4.36. The maximum absolute atomic E-state index is 5.83. The summed E-state index contributed by atoms with van der Waals surface area (Å²) in [7, 11) is 0. The molecule has 0 aromatic heterocycles. The van der Waals surface area contributed by atoms with Crippen molar-refractivity contribution in [2.75, 3.05) is 0 Å². The van der Waals surface area contributed by atoms with E-state index in [1.807, 2.05) is 36.4 Å². The molecule has 0 amide bonds. The van der Waals surface area contributed by atoms with E-state index in [4.69, 9.17) is 23.2 Å². The van der Waals surface area contributed by atoms with Crippen LogP contribution in [-0.4, -0.2) is 0 Å². The number of hydrogen-bond donors (Lipinski definition) is 0. The molecular weight excluding hydrogens is 191 g/mol. The van der Waals surface area contributed by atoms with Crippen LogP contribution in [0.5, 0.6) is 0 Å². The Morgan fingerprint density at radius 1 is 0.667 bits per heavy atom. The van der Waals surface area contributed by atoms with Crippen molar-refractivity contribution in [1.29, 1.82) is 0 Å². The maximum atomic E-state index is 5.83. The van der Waals surface area contributed by atoms with Crippen LogP contribution < -0.4 is 0 Å². The van der Waals surface area contributed by atoms with E-state index in [2.05, 4.69) is 0 Å². The fourth-order valence-corrected chi connectivity index (χ4v) is 1.55. The van der Waals surface area contributed by atoms with E-state index in [0.717, 1.165) is 21.2 Å². The predicted octanol–water partition coefficient (Wildman–Crippen LogP) is 4.10. The first-order chi connectivity index (χ1) is 5.75. The minimum atomic E-state index is 0.738. The fraction of sp³-hybridized carbons (Fsp3) is 0. The molecule has 0 atom stereocenters. The fourth-order valence-electron chi connectivity index (χ4n) is 1.19. The Hall–Kier alpha value is -0.720. The predicted molar refractivity (Wildman–Crippen MR) is 53.1 cm³/mol. The van der Waals surface area contributed by atoms with Gasteiger partial charge in [0.05, 0.1) is 0 Å². The highest BCUT2D eigenvalue weighted by Gasteiger charge is 2.02. The third kappa shape index (κ3) is 1.40. The Morgan fingerprint density at radius 2 is 1.17 bits per heavy atom. The van der Waals surface area contributed by atoms with Crippen LogP contribution in [0.1, 0.15) is 0 Å². The van der Waals surface area contributed by atoms with Gasteiger partial charge in [-0.25, -0.2) is 0 Å². The lowest BCUT2D eigenvalue weighted by Gasteiger charge is -1.85. The standard InChI is InChI=1S/C10H6Cl2/c11-9-3-1-7-5-10(12)6-8(7)2-4-9/h1-6H. The summed E-state index contributed by atoms with van der Waals surface area (Å²) in [5.74, 6) is 0. The third-order valence-electron chi connectivity index (χ3n) is 1.76. The molecule has 0 bridgehead atoms. The Labute approximate surface area is 81.1 Å². The van der Waals surface area contributed by atoms with Crippen molar-refractivity contribution in [3.8, 4) is 11.1 Å². The lowest BCUT2D eigenvalue weighted by Crippen LogP contribution is -1.59. The molecule has 0 saturated carbocycles. The zero-order valence-electron chi connectivity index (χ0n) is 6.22. The number of fused-ring (bicyclic) bond motifs is 1. The van der Waals surface area contributed by atoms with Gasteiger partial charge in [0.25, 0.3) is 0 Å². The van der Waals surface area contributed by atoms with Crippen LogP contribution in [0.4, 0.5) is 0 Å². The van der Waals surface area contributed by atoms with E-state index < -0.39 is 0 Å². The van der Waals surface area contributed by atoms with Gasteiger partial charge in [0.1, 0.15) is 0 Å². The molecular formula is C10H6Cl2. The van der Waals surface area contributed by atoms with Crippen LogP contribution in [0, 0.1) is 0 Å². The van der Waals surface area contributed by atoms with Gasteiger partial charge in [-0.05, 0) is 35.4 Å². The maximum Gasteiger partial charge on any atom is 0.0418 e. The van der Waals surface area contributed by atoms with Crippen molar-refractivity contribution in [1.82, 2.24) is 0 Å². The first kappa shape index (κ1) is 7.90. The molecule has 0 radical (unpaired) electrons. The van der Waals surface area contributed by atoms with Gasteiger partial charge in [-0.3, -0.25) is 0 Å². The Balaban J connectivity index is 2.70. The summed E-state index contributed by atoms with van der Waals surface area (Å²) in [6.07, 6.45) is 0. The number of rotatable bonds is 0. The highest BCUT2D eigenvalue weighted by Crippen LogP contribution is 2.28. The molecule has 0 unspecified atom stereocenters. The molecule has 0 spiro atoms. The average Bonchev–Trinajstić information content (AvgIpc) is 2.31. The lowest BCUT2D eigenvalue weighted by atomic mass is 10.2. The third-order valence-corrected chi connectivity index (χ3v) is 2.23. The van der Waals surface area contributed by atoms with Crippen LogP contribution in [0.15, 0.2) is 36.4 Å². The van der Waals surface area contributed by atoms with E-state index in [9.17, 15) is 0 Å². The highest BCUT2D eigenvalue weighted by atomic mass is 35.5. The summed E-state index contributed by atoms with van der Waals surface area (Å²) in [6, 6.07) is 11.5. The van der Waals surface area contributed by atoms with Gasteiger partial charge in [0.15, 0.2) is 0 Å². The normalized spacial score (nSPS) is 10.5. The average molecular weight is 197 g/mol. The van der Waals surface area contributed by atoms with Gasteiger partial charge in [-0.2, -0.15) is 0 Å². The second kappa shape index (κ2) is 2.96. The van der Waals surface area contributed by atoms with Crippen molar-refractivity contribution in [3.05, 3.63) is 46.4 Å².